The Hall–Kier alpha value is -4.29. The molecule has 3 fully saturated rings. The first-order valence-corrected chi connectivity index (χ1v) is 19.0. The zero-order chi connectivity index (χ0) is 37.9. The predicted octanol–water partition coefficient (Wildman–Crippen LogP) is 6.02. The van der Waals surface area contributed by atoms with Crippen molar-refractivity contribution < 1.29 is 33.8 Å². The molecule has 1 spiro atoms. The minimum atomic E-state index is -1.46. The summed E-state index contributed by atoms with van der Waals surface area (Å²) in [6.45, 7) is 8.99. The van der Waals surface area contributed by atoms with Gasteiger partial charge >= 0.3 is 5.97 Å². The summed E-state index contributed by atoms with van der Waals surface area (Å²) in [7, 11) is 0. The van der Waals surface area contributed by atoms with Crippen molar-refractivity contribution in [3.63, 3.8) is 0 Å². The summed E-state index contributed by atoms with van der Waals surface area (Å²) in [5.41, 5.74) is 1.01. The molecule has 3 aliphatic rings. The summed E-state index contributed by atoms with van der Waals surface area (Å²) in [5, 5.41) is 14.1. The van der Waals surface area contributed by atoms with Crippen LogP contribution < -0.4 is 10.2 Å². The number of rotatable bonds is 15. The van der Waals surface area contributed by atoms with Gasteiger partial charge in [0.2, 0.25) is 11.8 Å². The number of likely N-dealkylation sites (tertiary alicyclic amines) is 1. The highest BCUT2D eigenvalue weighted by Gasteiger charge is 2.77. The summed E-state index contributed by atoms with van der Waals surface area (Å²) in [5.74, 6) is -4.11. The van der Waals surface area contributed by atoms with Gasteiger partial charge < -0.3 is 29.7 Å². The number of benzene rings is 3. The molecule has 2 bridgehead atoms. The van der Waals surface area contributed by atoms with E-state index in [1.54, 1.807) is 60.7 Å². The monoisotopic (exact) mass is 803 g/mol. The second kappa shape index (κ2) is 16.4. The summed E-state index contributed by atoms with van der Waals surface area (Å²) in [6.07, 6.45) is 2.53. The van der Waals surface area contributed by atoms with Crippen LogP contribution in [0.4, 0.5) is 5.69 Å². The summed E-state index contributed by atoms with van der Waals surface area (Å²) in [6, 6.07) is 21.1. The molecule has 3 aromatic rings. The highest BCUT2D eigenvalue weighted by molar-refractivity contribution is 9.09. The number of carbonyl (C=O) groups excluding carboxylic acids is 4. The van der Waals surface area contributed by atoms with Crippen LogP contribution in [0, 0.1) is 18.8 Å². The van der Waals surface area contributed by atoms with E-state index in [-0.39, 0.29) is 31.8 Å². The van der Waals surface area contributed by atoms with Crippen LogP contribution in [-0.2, 0) is 28.7 Å². The highest BCUT2D eigenvalue weighted by Crippen LogP contribution is 2.62. The highest BCUT2D eigenvalue weighted by atomic mass is 79.9. The molecule has 8 atom stereocenters. The third-order valence-corrected chi connectivity index (χ3v) is 11.6. The molecule has 2 N–H and O–H groups in total. The number of aryl methyl sites for hydroxylation is 1. The van der Waals surface area contributed by atoms with Crippen LogP contribution >= 0.6 is 27.5 Å². The number of amides is 3. The molecule has 3 aromatic carbocycles. The number of anilines is 1. The van der Waals surface area contributed by atoms with E-state index in [4.69, 9.17) is 21.1 Å². The van der Waals surface area contributed by atoms with Gasteiger partial charge in [-0.25, -0.2) is 0 Å². The summed E-state index contributed by atoms with van der Waals surface area (Å²) in [4.78, 5) is 59.8. The van der Waals surface area contributed by atoms with Gasteiger partial charge in [0, 0.05) is 17.8 Å². The molecule has 0 aliphatic carbocycles. The lowest BCUT2D eigenvalue weighted by Crippen LogP contribution is -2.57. The molecule has 0 saturated carbocycles. The number of ether oxygens (including phenoxy) is 2. The number of nitrogens with zero attached hydrogens (tertiary/aromatic N) is 2. The standard InChI is InChI=1S/C41H43BrClN3O7/c1-4-6-20-32(48)44-23-31(27-17-11-8-12-18-27)52-40(51)33-34-38(49)46(30(24-47)26-15-9-7-10-16-26)37(41(34)22-28(42)36(33)53-41)39(50)45(21-5-2)35-25(3)14-13-19-29(35)43/h4-5,7-19,28,30-31,33-34,36-37,47H,1-2,6,20-24H2,3H3,(H,44,48)/t28?,30-,31-,33+,34-,36+,37+,41-/m1/s1. The largest absolute Gasteiger partial charge is 0.455 e. The van der Waals surface area contributed by atoms with Crippen LogP contribution in [0.3, 0.4) is 0 Å². The Morgan fingerprint density at radius 3 is 2.38 bits per heavy atom. The molecule has 1 unspecified atom stereocenters. The molecule has 6 rings (SSSR count). The fourth-order valence-corrected chi connectivity index (χ4v) is 9.42. The van der Waals surface area contributed by atoms with Crippen LogP contribution in [0.1, 0.15) is 48.1 Å². The smallest absolute Gasteiger partial charge is 0.313 e. The molecule has 3 heterocycles. The van der Waals surface area contributed by atoms with Gasteiger partial charge in [0.05, 0.1) is 47.8 Å². The van der Waals surface area contributed by atoms with E-state index in [1.807, 2.05) is 37.3 Å². The molecule has 53 heavy (non-hydrogen) atoms. The first kappa shape index (κ1) is 38.4. The second-order valence-corrected chi connectivity index (χ2v) is 15.2. The number of esters is 1. The third-order valence-electron chi connectivity index (χ3n) is 10.5. The maximum Gasteiger partial charge on any atom is 0.313 e. The van der Waals surface area contributed by atoms with Crippen LogP contribution in [0.15, 0.2) is 104 Å². The molecule has 278 valence electrons. The van der Waals surface area contributed by atoms with Gasteiger partial charge in [-0.15, -0.1) is 13.2 Å². The Bertz CT molecular complexity index is 1840. The quantitative estimate of drug-likeness (QED) is 0.110. The van der Waals surface area contributed by atoms with E-state index in [0.717, 1.165) is 5.56 Å². The maximum absolute atomic E-state index is 15.2. The topological polar surface area (TPSA) is 125 Å². The number of hydrogen-bond acceptors (Lipinski definition) is 7. The molecule has 3 saturated heterocycles. The molecule has 3 amide bonds. The average molecular weight is 805 g/mol. The Labute approximate surface area is 322 Å². The van der Waals surface area contributed by atoms with Crippen LogP contribution in [-0.4, -0.2) is 76.0 Å². The van der Waals surface area contributed by atoms with E-state index in [1.165, 1.54) is 9.80 Å². The van der Waals surface area contributed by atoms with Gasteiger partial charge in [0.1, 0.15) is 17.7 Å². The minimum Gasteiger partial charge on any atom is -0.455 e. The number of carbonyl (C=O) groups is 4. The number of hydrogen-bond donors (Lipinski definition) is 2. The van der Waals surface area contributed by atoms with Crippen LogP contribution in [0.2, 0.25) is 5.02 Å². The number of aliphatic hydroxyl groups excluding tert-OH is 1. The fourth-order valence-electron chi connectivity index (χ4n) is 8.16. The lowest BCUT2D eigenvalue weighted by atomic mass is 9.70. The Kier molecular flexibility index (Phi) is 11.9. The van der Waals surface area contributed by atoms with Crippen molar-refractivity contribution in [3.05, 3.63) is 126 Å². The number of fused-ring (bicyclic) bond motifs is 1. The third kappa shape index (κ3) is 7.19. The number of alkyl halides is 1. The van der Waals surface area contributed by atoms with Gasteiger partial charge in [0.15, 0.2) is 0 Å². The Morgan fingerprint density at radius 2 is 1.75 bits per heavy atom. The van der Waals surface area contributed by atoms with Gasteiger partial charge in [-0.1, -0.05) is 112 Å². The molecular weight excluding hydrogens is 762 g/mol. The van der Waals surface area contributed by atoms with Crippen molar-refractivity contribution in [2.45, 2.75) is 60.9 Å². The number of allylic oxidation sites excluding steroid dienone is 1. The first-order chi connectivity index (χ1) is 25.6. The first-order valence-electron chi connectivity index (χ1n) is 17.7. The van der Waals surface area contributed by atoms with Crippen molar-refractivity contribution in [3.8, 4) is 0 Å². The zero-order valence-electron chi connectivity index (χ0n) is 29.4. The van der Waals surface area contributed by atoms with E-state index >= 15 is 9.59 Å². The van der Waals surface area contributed by atoms with Gasteiger partial charge in [-0.2, -0.15) is 0 Å². The molecule has 0 radical (unpaired) electrons. The van der Waals surface area contributed by atoms with Gasteiger partial charge in [-0.05, 0) is 42.5 Å². The van der Waals surface area contributed by atoms with Crippen molar-refractivity contribution in [2.24, 2.45) is 11.8 Å². The normalized spacial score (nSPS) is 25.3. The zero-order valence-corrected chi connectivity index (χ0v) is 31.7. The van der Waals surface area contributed by atoms with E-state index in [9.17, 15) is 14.7 Å². The van der Waals surface area contributed by atoms with E-state index in [0.29, 0.717) is 28.3 Å². The van der Waals surface area contributed by atoms with E-state index in [2.05, 4.69) is 34.4 Å². The lowest BCUT2D eigenvalue weighted by Gasteiger charge is -2.40. The van der Waals surface area contributed by atoms with Gasteiger partial charge in [0.25, 0.3) is 5.91 Å². The predicted molar refractivity (Wildman–Crippen MR) is 205 cm³/mol. The van der Waals surface area contributed by atoms with Crippen molar-refractivity contribution in [2.75, 3.05) is 24.6 Å². The molecule has 0 aromatic heterocycles. The molecule has 3 aliphatic heterocycles. The van der Waals surface area contributed by atoms with Crippen molar-refractivity contribution >= 4 is 56.9 Å². The number of halogens is 2. The van der Waals surface area contributed by atoms with E-state index < -0.39 is 70.9 Å². The molecule has 12 heteroatoms. The second-order valence-electron chi connectivity index (χ2n) is 13.6. The SMILES string of the molecule is C=CCCC(=O)NC[C@@H](OC(=O)[C@@H]1[C@H]2O[C@@]3(CC2Br)[C@H](C(=O)N(CC=C)c2c(C)cccc2Cl)N([C@H](CO)c2ccccc2)C(=O)[C@@H]13)c1ccccc1. The minimum absolute atomic E-state index is 0.00694. The number of nitrogens with one attached hydrogen (secondary N) is 1. The van der Waals surface area contributed by atoms with Gasteiger partial charge in [-0.3, -0.25) is 19.2 Å². The average Bonchev–Trinajstić information content (AvgIpc) is 3.76. The van der Waals surface area contributed by atoms with Crippen LogP contribution in [0.25, 0.3) is 0 Å². The summed E-state index contributed by atoms with van der Waals surface area (Å²) >= 11 is 10.5. The Balaban J connectivity index is 1.42. The molecule has 10 nitrogen and oxygen atoms in total. The molecular formula is C41H43BrClN3O7. The Morgan fingerprint density at radius 1 is 1.08 bits per heavy atom. The number of aliphatic hydroxyl groups is 1. The van der Waals surface area contributed by atoms with Crippen molar-refractivity contribution in [1.82, 2.24) is 10.2 Å². The van der Waals surface area contributed by atoms with Crippen LogP contribution in [0.5, 0.6) is 0 Å². The fraction of sp³-hybridized carbons (Fsp3) is 0.366. The van der Waals surface area contributed by atoms with Crippen molar-refractivity contribution in [1.29, 1.82) is 0 Å². The number of para-hydroxylation sites is 1. The lowest BCUT2D eigenvalue weighted by molar-refractivity contribution is -0.160. The maximum atomic E-state index is 15.2. The summed E-state index contributed by atoms with van der Waals surface area (Å²) < 4.78 is 13.0.